The van der Waals surface area contributed by atoms with Crippen LogP contribution in [0.3, 0.4) is 0 Å². The molecule has 1 unspecified atom stereocenters. The van der Waals surface area contributed by atoms with Gasteiger partial charge in [0.05, 0.1) is 21.7 Å². The number of aliphatic imine (C=N–C) groups is 1. The number of fused-ring (bicyclic) bond motifs is 2. The third kappa shape index (κ3) is 5.24. The lowest BCUT2D eigenvalue weighted by molar-refractivity contribution is -0.114. The number of amides is 1. The number of ketones is 1. The first-order valence-corrected chi connectivity index (χ1v) is 14.8. The van der Waals surface area contributed by atoms with E-state index in [2.05, 4.69) is 23.2 Å². The number of Topliss-reactive ketones (excluding diaryl/α,β-unsaturated/α-hetero) is 1. The first-order valence-electron chi connectivity index (χ1n) is 13.6. The van der Waals surface area contributed by atoms with Crippen LogP contribution in [-0.4, -0.2) is 59.4 Å². The quantitative estimate of drug-likeness (QED) is 0.453. The van der Waals surface area contributed by atoms with Gasteiger partial charge in [0.25, 0.3) is 5.91 Å². The van der Waals surface area contributed by atoms with Gasteiger partial charge in [0.15, 0.2) is 5.78 Å². The molecule has 8 heteroatoms. The molecule has 1 N–H and O–H groups in total. The van der Waals surface area contributed by atoms with Crippen molar-refractivity contribution >= 4 is 46.0 Å². The molecule has 1 aromatic heterocycles. The normalized spacial score (nSPS) is 22.9. The molecule has 2 aromatic rings. The van der Waals surface area contributed by atoms with E-state index < -0.39 is 0 Å². The van der Waals surface area contributed by atoms with Crippen molar-refractivity contribution < 1.29 is 9.59 Å². The standard InChI is InChI=1S/C30H33ClN4O2S/c1-19(14-22-8-9-28(31)38-22)32-24-6-4-7-27(36)29(24)26-16-20-15-23-21(17-25(20)33-26)18-35(30(23)37)13-5-12-34-10-2-3-11-34/h4,6,8-9,15,17,19,33H,2-3,5,7,10-14,16,18H2,1H3. The van der Waals surface area contributed by atoms with Gasteiger partial charge in [-0.15, -0.1) is 11.3 Å². The number of rotatable bonds is 7. The van der Waals surface area contributed by atoms with E-state index in [1.165, 1.54) is 30.8 Å². The smallest absolute Gasteiger partial charge is 0.254 e. The Hall–Kier alpha value is -2.74. The van der Waals surface area contributed by atoms with Gasteiger partial charge in [-0.25, -0.2) is 0 Å². The van der Waals surface area contributed by atoms with Gasteiger partial charge in [0.2, 0.25) is 0 Å². The second-order valence-corrected chi connectivity index (χ2v) is 12.6. The van der Waals surface area contributed by atoms with Crippen LogP contribution in [0.1, 0.15) is 59.0 Å². The SMILES string of the molecule is CC(Cc1ccc(Cl)s1)N=C1C=CCC(=O)C1=C1Cc2cc3c(cc2N1)CN(CCCN1CCCC1)C3=O. The molecule has 0 saturated carbocycles. The van der Waals surface area contributed by atoms with Crippen LogP contribution in [0.25, 0.3) is 0 Å². The molecule has 1 aromatic carbocycles. The molecular weight excluding hydrogens is 516 g/mol. The number of hydrogen-bond donors (Lipinski definition) is 1. The summed E-state index contributed by atoms with van der Waals surface area (Å²) in [7, 11) is 0. The van der Waals surface area contributed by atoms with E-state index in [1.54, 1.807) is 11.3 Å². The zero-order valence-corrected chi connectivity index (χ0v) is 23.3. The highest BCUT2D eigenvalue weighted by atomic mass is 35.5. The molecule has 4 aliphatic rings. The molecule has 3 aliphatic heterocycles. The minimum absolute atomic E-state index is 0.0209. The molecule has 0 bridgehead atoms. The van der Waals surface area contributed by atoms with E-state index >= 15 is 0 Å². The van der Waals surface area contributed by atoms with Crippen LogP contribution in [0.5, 0.6) is 0 Å². The molecule has 1 amide bonds. The molecule has 38 heavy (non-hydrogen) atoms. The van der Waals surface area contributed by atoms with Gasteiger partial charge in [0.1, 0.15) is 0 Å². The first kappa shape index (κ1) is 25.5. The van der Waals surface area contributed by atoms with Crippen molar-refractivity contribution in [3.8, 4) is 0 Å². The summed E-state index contributed by atoms with van der Waals surface area (Å²) in [6, 6.07) is 8.12. The first-order chi connectivity index (χ1) is 18.4. The number of allylic oxidation sites excluding steroid dienone is 4. The molecule has 6 nitrogen and oxygen atoms in total. The zero-order valence-electron chi connectivity index (χ0n) is 21.8. The molecule has 1 fully saturated rings. The summed E-state index contributed by atoms with van der Waals surface area (Å²) >= 11 is 7.67. The number of benzene rings is 1. The Morgan fingerprint density at radius 2 is 1.97 bits per heavy atom. The van der Waals surface area contributed by atoms with Crippen molar-refractivity contribution in [2.24, 2.45) is 4.99 Å². The van der Waals surface area contributed by atoms with E-state index in [4.69, 9.17) is 16.6 Å². The van der Waals surface area contributed by atoms with E-state index in [9.17, 15) is 9.59 Å². The Morgan fingerprint density at radius 3 is 2.76 bits per heavy atom. The fourth-order valence-corrected chi connectivity index (χ4v) is 7.23. The molecule has 1 aliphatic carbocycles. The fourth-order valence-electron chi connectivity index (χ4n) is 6.02. The molecule has 4 heterocycles. The summed E-state index contributed by atoms with van der Waals surface area (Å²) in [5.41, 5.74) is 6.25. The van der Waals surface area contributed by atoms with Crippen LogP contribution in [0.15, 0.2) is 52.7 Å². The Labute approximate surface area is 233 Å². The van der Waals surface area contributed by atoms with E-state index in [-0.39, 0.29) is 17.7 Å². The maximum atomic E-state index is 13.2. The third-order valence-corrected chi connectivity index (χ3v) is 9.12. The van der Waals surface area contributed by atoms with Crippen molar-refractivity contribution in [1.29, 1.82) is 0 Å². The summed E-state index contributed by atoms with van der Waals surface area (Å²) in [4.78, 5) is 36.8. The predicted octanol–water partition coefficient (Wildman–Crippen LogP) is 5.67. The van der Waals surface area contributed by atoms with Crippen LogP contribution in [-0.2, 0) is 24.2 Å². The molecule has 1 saturated heterocycles. The van der Waals surface area contributed by atoms with Gasteiger partial charge in [-0.3, -0.25) is 14.6 Å². The van der Waals surface area contributed by atoms with Crippen molar-refractivity contribution in [3.05, 3.63) is 73.6 Å². The summed E-state index contributed by atoms with van der Waals surface area (Å²) in [6.45, 7) is 6.98. The summed E-state index contributed by atoms with van der Waals surface area (Å²) in [5.74, 6) is 0.215. The number of carbonyl (C=O) groups excluding carboxylic acids is 2. The number of halogens is 1. The van der Waals surface area contributed by atoms with Crippen LogP contribution in [0.2, 0.25) is 4.34 Å². The Bertz CT molecular complexity index is 1370. The molecule has 0 spiro atoms. The lowest BCUT2D eigenvalue weighted by Gasteiger charge is -2.19. The molecule has 0 radical (unpaired) electrons. The van der Waals surface area contributed by atoms with Gasteiger partial charge in [0, 0.05) is 54.2 Å². The topological polar surface area (TPSA) is 65.0 Å². The van der Waals surface area contributed by atoms with Gasteiger partial charge in [-0.2, -0.15) is 0 Å². The Morgan fingerprint density at radius 1 is 1.13 bits per heavy atom. The molecule has 198 valence electrons. The number of anilines is 1. The molecule has 1 atom stereocenters. The van der Waals surface area contributed by atoms with Gasteiger partial charge < -0.3 is 15.1 Å². The number of nitrogens with zero attached hydrogens (tertiary/aromatic N) is 3. The van der Waals surface area contributed by atoms with Gasteiger partial charge in [-0.05, 0) is 87.3 Å². The summed E-state index contributed by atoms with van der Waals surface area (Å²) in [5, 5.41) is 3.52. The largest absolute Gasteiger partial charge is 0.358 e. The number of thiophene rings is 1. The van der Waals surface area contributed by atoms with E-state index in [0.717, 1.165) is 64.1 Å². The maximum Gasteiger partial charge on any atom is 0.254 e. The van der Waals surface area contributed by atoms with Crippen molar-refractivity contribution in [3.63, 3.8) is 0 Å². The molecular formula is C30H33ClN4O2S. The lowest BCUT2D eigenvalue weighted by Crippen LogP contribution is -2.29. The average molecular weight is 549 g/mol. The van der Waals surface area contributed by atoms with Crippen LogP contribution < -0.4 is 5.32 Å². The second kappa shape index (κ2) is 10.8. The Balaban J connectivity index is 1.17. The predicted molar refractivity (Wildman–Crippen MR) is 155 cm³/mol. The highest BCUT2D eigenvalue weighted by molar-refractivity contribution is 7.16. The van der Waals surface area contributed by atoms with Crippen molar-refractivity contribution in [1.82, 2.24) is 9.80 Å². The third-order valence-electron chi connectivity index (χ3n) is 7.86. The second-order valence-electron chi connectivity index (χ2n) is 10.8. The fraction of sp³-hybridized carbons (Fsp3) is 0.433. The number of nitrogens with one attached hydrogen (secondary N) is 1. The number of likely N-dealkylation sites (tertiary alicyclic amines) is 1. The highest BCUT2D eigenvalue weighted by Crippen LogP contribution is 2.37. The lowest BCUT2D eigenvalue weighted by atomic mass is 9.93. The van der Waals surface area contributed by atoms with Crippen molar-refractivity contribution in [2.75, 3.05) is 31.5 Å². The molecule has 6 rings (SSSR count). The average Bonchev–Trinajstić information content (AvgIpc) is 3.67. The minimum Gasteiger partial charge on any atom is -0.358 e. The van der Waals surface area contributed by atoms with Crippen molar-refractivity contribution in [2.45, 2.75) is 58.0 Å². The van der Waals surface area contributed by atoms with Gasteiger partial charge in [-0.1, -0.05) is 17.7 Å². The van der Waals surface area contributed by atoms with E-state index in [0.29, 0.717) is 25.0 Å². The van der Waals surface area contributed by atoms with Crippen LogP contribution in [0.4, 0.5) is 5.69 Å². The number of hydrogen-bond acceptors (Lipinski definition) is 6. The summed E-state index contributed by atoms with van der Waals surface area (Å²) < 4.78 is 0.777. The van der Waals surface area contributed by atoms with E-state index in [1.807, 2.05) is 35.3 Å². The van der Waals surface area contributed by atoms with Gasteiger partial charge >= 0.3 is 0 Å². The minimum atomic E-state index is 0.0209. The van der Waals surface area contributed by atoms with Crippen LogP contribution >= 0.6 is 22.9 Å². The highest BCUT2D eigenvalue weighted by Gasteiger charge is 2.32. The summed E-state index contributed by atoms with van der Waals surface area (Å²) in [6.07, 6.45) is 9.24. The number of carbonyl (C=O) groups is 2. The van der Waals surface area contributed by atoms with Crippen LogP contribution in [0, 0.1) is 0 Å². The zero-order chi connectivity index (χ0) is 26.2. The Kier molecular flexibility index (Phi) is 7.25. The monoisotopic (exact) mass is 548 g/mol. The maximum absolute atomic E-state index is 13.2.